The molecule has 0 spiro atoms. The minimum absolute atomic E-state index is 0.173. The van der Waals surface area contributed by atoms with Gasteiger partial charge in [-0.15, -0.1) is 0 Å². The molecule has 66 heavy (non-hydrogen) atoms. The lowest BCUT2D eigenvalue weighted by Gasteiger charge is -2.40. The van der Waals surface area contributed by atoms with E-state index in [2.05, 4.69) is 13.8 Å². The van der Waals surface area contributed by atoms with Crippen molar-refractivity contribution in [3.8, 4) is 0 Å². The van der Waals surface area contributed by atoms with Crippen LogP contribution >= 0.6 is 0 Å². The molecule has 392 valence electrons. The molecule has 1 rings (SSSR count). The van der Waals surface area contributed by atoms with Crippen LogP contribution in [-0.4, -0.2) is 96.0 Å². The summed E-state index contributed by atoms with van der Waals surface area (Å²) in [6.45, 7) is 3.82. The number of carbonyl (C=O) groups is 2. The van der Waals surface area contributed by atoms with Crippen LogP contribution in [0.3, 0.4) is 0 Å². The van der Waals surface area contributed by atoms with Crippen molar-refractivity contribution in [2.75, 3.05) is 19.0 Å². The molecule has 0 aromatic heterocycles. The first kappa shape index (κ1) is 62.7. The summed E-state index contributed by atoms with van der Waals surface area (Å²) in [6.07, 6.45) is 38.6. The van der Waals surface area contributed by atoms with Gasteiger partial charge in [0.25, 0.3) is 10.1 Å². The van der Waals surface area contributed by atoms with Gasteiger partial charge in [-0.05, 0) is 12.8 Å². The minimum atomic E-state index is -4.60. The number of esters is 2. The van der Waals surface area contributed by atoms with Crippen molar-refractivity contribution in [1.29, 1.82) is 0 Å². The first-order valence-corrected chi connectivity index (χ1v) is 29.2. The fourth-order valence-electron chi connectivity index (χ4n) is 8.92. The standard InChI is InChI=1S/C53H102O12S/c1-3-5-7-9-11-13-15-17-19-21-22-23-24-25-26-28-30-32-34-36-38-40-42-49(55)64-46(44-63-53-52(58)51(57)50(56)47(65-53)45-66(59,60)61)43-62-48(54)41-39-37-35-33-31-29-27-20-18-16-14-12-10-8-6-4-2/h46-47,50-53,56-58H,3-45H2,1-2H3,(H,59,60,61)/t46-,47-,50-,51?,52?,53+/m1/s1. The summed E-state index contributed by atoms with van der Waals surface area (Å²) < 4.78 is 54.3. The summed E-state index contributed by atoms with van der Waals surface area (Å²) in [5, 5.41) is 31.0. The van der Waals surface area contributed by atoms with Crippen LogP contribution in [0.2, 0.25) is 0 Å². The SMILES string of the molecule is CCCCCCCCCCCCCCCCCCCCCCCCC(=O)O[C@H](COC(=O)CCCCCCCCCCCCCCCCCC)CO[C@H]1O[C@H](CS(=O)(=O)O)[C@@H](O)C(O)C1O. The smallest absolute Gasteiger partial charge is 0.306 e. The second-order valence-electron chi connectivity index (χ2n) is 19.6. The van der Waals surface area contributed by atoms with Crippen molar-refractivity contribution in [2.24, 2.45) is 0 Å². The highest BCUT2D eigenvalue weighted by molar-refractivity contribution is 7.85. The second-order valence-corrected chi connectivity index (χ2v) is 21.1. The van der Waals surface area contributed by atoms with Gasteiger partial charge in [0, 0.05) is 12.8 Å². The second kappa shape index (κ2) is 43.7. The van der Waals surface area contributed by atoms with Crippen LogP contribution in [0.15, 0.2) is 0 Å². The molecule has 6 atom stereocenters. The molecule has 1 aliphatic heterocycles. The van der Waals surface area contributed by atoms with E-state index in [4.69, 9.17) is 18.9 Å². The topological polar surface area (TPSA) is 186 Å². The Balaban J connectivity index is 2.31. The average molecular weight is 963 g/mol. The van der Waals surface area contributed by atoms with E-state index in [0.29, 0.717) is 12.8 Å². The van der Waals surface area contributed by atoms with Crippen LogP contribution in [0.5, 0.6) is 0 Å². The molecule has 1 saturated heterocycles. The van der Waals surface area contributed by atoms with Crippen LogP contribution in [-0.2, 0) is 38.7 Å². The van der Waals surface area contributed by atoms with Gasteiger partial charge in [-0.2, -0.15) is 8.42 Å². The van der Waals surface area contributed by atoms with E-state index in [0.717, 1.165) is 38.5 Å². The van der Waals surface area contributed by atoms with Crippen molar-refractivity contribution in [3.63, 3.8) is 0 Å². The molecular weight excluding hydrogens is 861 g/mol. The zero-order chi connectivity index (χ0) is 48.4. The summed E-state index contributed by atoms with van der Waals surface area (Å²) in [7, 11) is -4.60. The molecule has 0 saturated carbocycles. The number of ether oxygens (including phenoxy) is 4. The van der Waals surface area contributed by atoms with E-state index in [1.165, 1.54) is 193 Å². The van der Waals surface area contributed by atoms with Gasteiger partial charge in [0.2, 0.25) is 0 Å². The van der Waals surface area contributed by atoms with Gasteiger partial charge in [-0.3, -0.25) is 14.1 Å². The zero-order valence-corrected chi connectivity index (χ0v) is 43.1. The molecule has 0 bridgehead atoms. The van der Waals surface area contributed by atoms with Gasteiger partial charge in [-0.25, -0.2) is 0 Å². The highest BCUT2D eigenvalue weighted by Gasteiger charge is 2.46. The summed E-state index contributed by atoms with van der Waals surface area (Å²) in [4.78, 5) is 25.6. The number of rotatable bonds is 48. The van der Waals surface area contributed by atoms with Crippen LogP contribution in [0, 0.1) is 0 Å². The molecule has 0 aromatic rings. The van der Waals surface area contributed by atoms with Crippen molar-refractivity contribution >= 4 is 22.1 Å². The Bertz CT molecular complexity index is 1220. The lowest BCUT2D eigenvalue weighted by molar-refractivity contribution is -0.297. The Labute approximate surface area is 403 Å². The normalized spacial score (nSPS) is 19.3. The molecule has 0 aliphatic carbocycles. The molecule has 2 unspecified atom stereocenters. The molecule has 1 heterocycles. The molecule has 0 amide bonds. The fourth-order valence-corrected chi connectivity index (χ4v) is 9.61. The minimum Gasteiger partial charge on any atom is -0.462 e. The van der Waals surface area contributed by atoms with Gasteiger partial charge in [0.1, 0.15) is 36.8 Å². The van der Waals surface area contributed by atoms with Gasteiger partial charge in [0.05, 0.1) is 6.61 Å². The van der Waals surface area contributed by atoms with Crippen molar-refractivity contribution < 1.29 is 56.8 Å². The molecular formula is C53H102O12S. The average Bonchev–Trinajstić information content (AvgIpc) is 3.28. The summed E-state index contributed by atoms with van der Waals surface area (Å²) in [6, 6.07) is 0. The Morgan fingerprint density at radius 2 is 0.773 bits per heavy atom. The number of aliphatic hydroxyl groups is 3. The maximum Gasteiger partial charge on any atom is 0.306 e. The van der Waals surface area contributed by atoms with Crippen molar-refractivity contribution in [3.05, 3.63) is 0 Å². The lowest BCUT2D eigenvalue weighted by Crippen LogP contribution is -2.60. The quantitative estimate of drug-likeness (QED) is 0.0257. The third-order valence-electron chi connectivity index (χ3n) is 13.2. The molecule has 12 nitrogen and oxygen atoms in total. The fraction of sp³-hybridized carbons (Fsp3) is 0.962. The van der Waals surface area contributed by atoms with Crippen LogP contribution in [0.25, 0.3) is 0 Å². The Morgan fingerprint density at radius 3 is 1.11 bits per heavy atom. The summed E-state index contributed by atoms with van der Waals surface area (Å²) in [5.74, 6) is -1.95. The Morgan fingerprint density at radius 1 is 0.455 bits per heavy atom. The molecule has 0 radical (unpaired) electrons. The van der Waals surface area contributed by atoms with Gasteiger partial charge < -0.3 is 34.3 Å². The van der Waals surface area contributed by atoms with E-state index in [1.54, 1.807) is 0 Å². The monoisotopic (exact) mass is 963 g/mol. The molecule has 13 heteroatoms. The third kappa shape index (κ3) is 37.5. The predicted octanol–water partition coefficient (Wildman–Crippen LogP) is 12.8. The van der Waals surface area contributed by atoms with Gasteiger partial charge in [-0.1, -0.05) is 245 Å². The van der Waals surface area contributed by atoms with E-state index >= 15 is 0 Å². The van der Waals surface area contributed by atoms with Crippen molar-refractivity contribution in [2.45, 2.75) is 307 Å². The van der Waals surface area contributed by atoms with Gasteiger partial charge >= 0.3 is 11.9 Å². The zero-order valence-electron chi connectivity index (χ0n) is 42.3. The summed E-state index contributed by atoms with van der Waals surface area (Å²) in [5.41, 5.74) is 0. The predicted molar refractivity (Wildman–Crippen MR) is 266 cm³/mol. The Kier molecular flexibility index (Phi) is 41.4. The van der Waals surface area contributed by atoms with E-state index in [9.17, 15) is 37.9 Å². The van der Waals surface area contributed by atoms with E-state index < -0.39 is 71.2 Å². The molecule has 0 aromatic carbocycles. The van der Waals surface area contributed by atoms with Crippen LogP contribution < -0.4 is 0 Å². The van der Waals surface area contributed by atoms with Crippen LogP contribution in [0.1, 0.15) is 271 Å². The molecule has 4 N–H and O–H groups in total. The first-order chi connectivity index (χ1) is 32.0. The largest absolute Gasteiger partial charge is 0.462 e. The van der Waals surface area contributed by atoms with E-state index in [-0.39, 0.29) is 19.4 Å². The number of unbranched alkanes of at least 4 members (excludes halogenated alkanes) is 36. The number of hydrogen-bond donors (Lipinski definition) is 4. The first-order valence-electron chi connectivity index (χ1n) is 27.6. The highest BCUT2D eigenvalue weighted by atomic mass is 32.2. The summed E-state index contributed by atoms with van der Waals surface area (Å²) >= 11 is 0. The number of carbonyl (C=O) groups excluding carboxylic acids is 2. The Hall–Kier alpha value is -1.35. The molecule has 1 fully saturated rings. The highest BCUT2D eigenvalue weighted by Crippen LogP contribution is 2.24. The van der Waals surface area contributed by atoms with Gasteiger partial charge in [0.15, 0.2) is 12.4 Å². The third-order valence-corrected chi connectivity index (χ3v) is 13.9. The molecule has 1 aliphatic rings. The number of hydrogen-bond acceptors (Lipinski definition) is 11. The van der Waals surface area contributed by atoms with E-state index in [1.807, 2.05) is 0 Å². The lowest BCUT2D eigenvalue weighted by atomic mass is 10.00. The van der Waals surface area contributed by atoms with Crippen molar-refractivity contribution in [1.82, 2.24) is 0 Å². The maximum absolute atomic E-state index is 12.9. The number of aliphatic hydroxyl groups excluding tert-OH is 3. The maximum atomic E-state index is 12.9. The van der Waals surface area contributed by atoms with Crippen LogP contribution in [0.4, 0.5) is 0 Å².